The van der Waals surface area contributed by atoms with E-state index in [2.05, 4.69) is 0 Å². The van der Waals surface area contributed by atoms with Gasteiger partial charge in [-0.05, 0) is 62.4 Å². The van der Waals surface area contributed by atoms with Crippen LogP contribution >= 0.6 is 0 Å². The molecule has 1 unspecified atom stereocenters. The van der Waals surface area contributed by atoms with Gasteiger partial charge < -0.3 is 14.6 Å². The molecule has 1 aromatic carbocycles. The van der Waals surface area contributed by atoms with Gasteiger partial charge in [0, 0.05) is 6.42 Å². The third-order valence-electron chi connectivity index (χ3n) is 3.54. The third kappa shape index (κ3) is 4.89. The standard InChI is InChI=1S/C18H17F3O4/c1-3-15(16(22)23)24-13-8-10-17(2,11-9-13)25-14-6-4-12(5-7-14)18(19,20)21/h3-10H,11H2,1-2H3,(H,22,23). The van der Waals surface area contributed by atoms with E-state index in [-0.39, 0.29) is 5.76 Å². The third-order valence-corrected chi connectivity index (χ3v) is 3.54. The smallest absolute Gasteiger partial charge is 0.416 e. The number of carboxylic acids is 1. The van der Waals surface area contributed by atoms with Crippen molar-refractivity contribution >= 4 is 5.97 Å². The Morgan fingerprint density at radius 2 is 1.92 bits per heavy atom. The van der Waals surface area contributed by atoms with E-state index in [4.69, 9.17) is 14.6 Å². The Balaban J connectivity index is 2.03. The molecule has 0 spiro atoms. The Labute approximate surface area is 142 Å². The van der Waals surface area contributed by atoms with Crippen LogP contribution in [0.15, 0.2) is 60.1 Å². The van der Waals surface area contributed by atoms with Crippen molar-refractivity contribution < 1.29 is 32.5 Å². The molecule has 134 valence electrons. The molecule has 1 aliphatic rings. The normalized spacial score (nSPS) is 20.8. The molecule has 0 amide bonds. The summed E-state index contributed by atoms with van der Waals surface area (Å²) in [5, 5.41) is 8.93. The average molecular weight is 354 g/mol. The van der Waals surface area contributed by atoms with Crippen LogP contribution < -0.4 is 4.74 Å². The minimum atomic E-state index is -4.39. The van der Waals surface area contributed by atoms with E-state index in [1.165, 1.54) is 18.2 Å². The molecule has 0 aromatic heterocycles. The molecular formula is C18H17F3O4. The van der Waals surface area contributed by atoms with Gasteiger partial charge in [-0.2, -0.15) is 13.2 Å². The van der Waals surface area contributed by atoms with E-state index < -0.39 is 23.3 Å². The SMILES string of the molecule is CC=C(OC1=CCC(C)(Oc2ccc(C(F)(F)F)cc2)C=C1)C(=O)O. The fraction of sp³-hybridized carbons (Fsp3) is 0.278. The van der Waals surface area contributed by atoms with E-state index in [9.17, 15) is 18.0 Å². The Hall–Kier alpha value is -2.70. The van der Waals surface area contributed by atoms with E-state index in [1.807, 2.05) is 0 Å². The summed E-state index contributed by atoms with van der Waals surface area (Å²) in [5.74, 6) is -0.698. The van der Waals surface area contributed by atoms with Gasteiger partial charge in [-0.1, -0.05) is 0 Å². The molecule has 25 heavy (non-hydrogen) atoms. The van der Waals surface area contributed by atoms with Crippen LogP contribution in [-0.2, 0) is 15.7 Å². The molecule has 1 atom stereocenters. The topological polar surface area (TPSA) is 55.8 Å². The monoisotopic (exact) mass is 354 g/mol. The van der Waals surface area contributed by atoms with Crippen LogP contribution in [0.1, 0.15) is 25.8 Å². The number of carboxylic acid groups (broad SMARTS) is 1. The zero-order chi connectivity index (χ0) is 18.7. The molecule has 0 heterocycles. The molecule has 4 nitrogen and oxygen atoms in total. The molecule has 0 saturated heterocycles. The molecule has 0 saturated carbocycles. The van der Waals surface area contributed by atoms with Crippen molar-refractivity contribution in [2.45, 2.75) is 32.0 Å². The van der Waals surface area contributed by atoms with Crippen molar-refractivity contribution in [1.82, 2.24) is 0 Å². The number of allylic oxidation sites excluding steroid dienone is 2. The first kappa shape index (κ1) is 18.6. The van der Waals surface area contributed by atoms with Crippen molar-refractivity contribution in [2.75, 3.05) is 0 Å². The molecule has 0 bridgehead atoms. The zero-order valence-corrected chi connectivity index (χ0v) is 13.6. The zero-order valence-electron chi connectivity index (χ0n) is 13.6. The van der Waals surface area contributed by atoms with Crippen LogP contribution in [0.5, 0.6) is 5.75 Å². The minimum Gasteiger partial charge on any atom is -0.483 e. The predicted octanol–water partition coefficient (Wildman–Crippen LogP) is 4.69. The Bertz CT molecular complexity index is 730. The second kappa shape index (κ2) is 7.04. The summed E-state index contributed by atoms with van der Waals surface area (Å²) in [6.07, 6.45) is 2.22. The van der Waals surface area contributed by atoms with Crippen molar-refractivity contribution in [2.24, 2.45) is 0 Å². The van der Waals surface area contributed by atoms with Crippen LogP contribution in [0.4, 0.5) is 13.2 Å². The number of carbonyl (C=O) groups is 1. The lowest BCUT2D eigenvalue weighted by molar-refractivity contribution is -0.138. The lowest BCUT2D eigenvalue weighted by atomic mass is 9.96. The highest BCUT2D eigenvalue weighted by Crippen LogP contribution is 2.32. The molecule has 0 fully saturated rings. The van der Waals surface area contributed by atoms with E-state index in [0.29, 0.717) is 17.9 Å². The maximum absolute atomic E-state index is 12.6. The largest absolute Gasteiger partial charge is 0.483 e. The molecule has 2 rings (SSSR count). The number of halogens is 3. The lowest BCUT2D eigenvalue weighted by Crippen LogP contribution is -2.31. The van der Waals surface area contributed by atoms with Gasteiger partial charge in [-0.25, -0.2) is 4.79 Å². The van der Waals surface area contributed by atoms with Crippen molar-refractivity contribution in [3.63, 3.8) is 0 Å². The first-order chi connectivity index (χ1) is 11.6. The molecule has 1 aliphatic carbocycles. The van der Waals surface area contributed by atoms with Gasteiger partial charge in [0.15, 0.2) is 0 Å². The number of rotatable bonds is 5. The summed E-state index contributed by atoms with van der Waals surface area (Å²) in [6.45, 7) is 3.32. The summed E-state index contributed by atoms with van der Waals surface area (Å²) in [5.41, 5.74) is -1.52. The molecule has 1 aromatic rings. The van der Waals surface area contributed by atoms with Crippen LogP contribution in [-0.4, -0.2) is 16.7 Å². The maximum atomic E-state index is 12.6. The van der Waals surface area contributed by atoms with Gasteiger partial charge in [0.1, 0.15) is 17.1 Å². The summed E-state index contributed by atoms with van der Waals surface area (Å²) in [6, 6.07) is 4.45. The Kier molecular flexibility index (Phi) is 5.25. The quantitative estimate of drug-likeness (QED) is 0.616. The van der Waals surface area contributed by atoms with Crippen LogP contribution in [0, 0.1) is 0 Å². The van der Waals surface area contributed by atoms with Gasteiger partial charge in [-0.15, -0.1) is 0 Å². The number of hydrogen-bond donors (Lipinski definition) is 1. The highest BCUT2D eigenvalue weighted by atomic mass is 19.4. The minimum absolute atomic E-state index is 0.192. The predicted molar refractivity (Wildman–Crippen MR) is 84.8 cm³/mol. The van der Waals surface area contributed by atoms with Gasteiger partial charge in [0.2, 0.25) is 5.76 Å². The first-order valence-corrected chi connectivity index (χ1v) is 7.46. The van der Waals surface area contributed by atoms with Gasteiger partial charge in [0.05, 0.1) is 5.56 Å². The molecule has 0 radical (unpaired) electrons. The second-order valence-corrected chi connectivity index (χ2v) is 5.64. The van der Waals surface area contributed by atoms with E-state index >= 15 is 0 Å². The second-order valence-electron chi connectivity index (χ2n) is 5.64. The highest BCUT2D eigenvalue weighted by Gasteiger charge is 2.31. The van der Waals surface area contributed by atoms with Crippen molar-refractivity contribution in [1.29, 1.82) is 0 Å². The number of aliphatic carboxylic acids is 1. The van der Waals surface area contributed by atoms with Gasteiger partial charge in [-0.3, -0.25) is 0 Å². The van der Waals surface area contributed by atoms with E-state index in [1.54, 1.807) is 32.1 Å². The summed E-state index contributed by atoms with van der Waals surface area (Å²) in [4.78, 5) is 10.9. The summed E-state index contributed by atoms with van der Waals surface area (Å²) < 4.78 is 48.7. The Morgan fingerprint density at radius 3 is 2.36 bits per heavy atom. The Morgan fingerprint density at radius 1 is 1.28 bits per heavy atom. The van der Waals surface area contributed by atoms with Crippen molar-refractivity contribution in [3.05, 3.63) is 65.7 Å². The number of alkyl halides is 3. The number of hydrogen-bond acceptors (Lipinski definition) is 3. The van der Waals surface area contributed by atoms with Crippen molar-refractivity contribution in [3.8, 4) is 5.75 Å². The fourth-order valence-corrected chi connectivity index (χ4v) is 2.18. The van der Waals surface area contributed by atoms with Crippen LogP contribution in [0.3, 0.4) is 0 Å². The molecular weight excluding hydrogens is 337 g/mol. The first-order valence-electron chi connectivity index (χ1n) is 7.46. The molecule has 7 heteroatoms. The molecule has 1 N–H and O–H groups in total. The van der Waals surface area contributed by atoms with Crippen LogP contribution in [0.2, 0.25) is 0 Å². The van der Waals surface area contributed by atoms with Gasteiger partial charge >= 0.3 is 12.1 Å². The number of ether oxygens (including phenoxy) is 2. The van der Waals surface area contributed by atoms with E-state index in [0.717, 1.165) is 12.1 Å². The lowest BCUT2D eigenvalue weighted by Gasteiger charge is -2.29. The highest BCUT2D eigenvalue weighted by molar-refractivity contribution is 5.84. The van der Waals surface area contributed by atoms with Gasteiger partial charge in [0.25, 0.3) is 0 Å². The average Bonchev–Trinajstić information content (AvgIpc) is 2.53. The number of benzene rings is 1. The molecule has 0 aliphatic heterocycles. The summed E-state index contributed by atoms with van der Waals surface area (Å²) in [7, 11) is 0. The fourth-order valence-electron chi connectivity index (χ4n) is 2.18. The van der Waals surface area contributed by atoms with Crippen LogP contribution in [0.25, 0.3) is 0 Å². The summed E-state index contributed by atoms with van der Waals surface area (Å²) >= 11 is 0. The maximum Gasteiger partial charge on any atom is 0.416 e.